The van der Waals surface area contributed by atoms with Crippen LogP contribution < -0.4 is 0 Å². The number of non-ortho nitro benzene ring substituents is 1. The second-order valence-electron chi connectivity index (χ2n) is 5.03. The number of hydrogen-bond donors (Lipinski definition) is 0. The van der Waals surface area contributed by atoms with Gasteiger partial charge < -0.3 is 0 Å². The molecular formula is C16H12N2O6. The summed E-state index contributed by atoms with van der Waals surface area (Å²) in [6.07, 6.45) is 0. The number of ketones is 2. The van der Waals surface area contributed by atoms with Gasteiger partial charge in [0.15, 0.2) is 5.78 Å². The van der Waals surface area contributed by atoms with E-state index in [1.54, 1.807) is 18.2 Å². The second kappa shape index (κ2) is 6.78. The molecule has 1 unspecified atom stereocenters. The number of carbonyl (C=O) groups is 2. The van der Waals surface area contributed by atoms with Crippen molar-refractivity contribution in [3.8, 4) is 0 Å². The Balaban J connectivity index is 2.60. The van der Waals surface area contributed by atoms with E-state index in [-0.39, 0.29) is 11.1 Å². The summed E-state index contributed by atoms with van der Waals surface area (Å²) in [4.78, 5) is 45.0. The lowest BCUT2D eigenvalue weighted by atomic mass is 9.86. The first-order valence-electron chi connectivity index (χ1n) is 6.85. The number of hydrogen-bond acceptors (Lipinski definition) is 6. The fraction of sp³-hybridized carbons (Fsp3) is 0.125. The van der Waals surface area contributed by atoms with Gasteiger partial charge in [0.05, 0.1) is 15.9 Å². The van der Waals surface area contributed by atoms with Crippen molar-refractivity contribution < 1.29 is 19.4 Å². The first kappa shape index (κ1) is 16.9. The van der Waals surface area contributed by atoms with E-state index in [1.165, 1.54) is 12.1 Å². The van der Waals surface area contributed by atoms with E-state index in [9.17, 15) is 29.8 Å². The van der Waals surface area contributed by atoms with E-state index in [4.69, 9.17) is 0 Å². The topological polar surface area (TPSA) is 120 Å². The largest absolute Gasteiger partial charge is 0.299 e. The predicted molar refractivity (Wildman–Crippen MR) is 83.9 cm³/mol. The zero-order valence-electron chi connectivity index (χ0n) is 12.5. The average molecular weight is 328 g/mol. The molecule has 2 rings (SSSR count). The molecule has 24 heavy (non-hydrogen) atoms. The fourth-order valence-corrected chi connectivity index (χ4v) is 2.36. The zero-order chi connectivity index (χ0) is 17.9. The van der Waals surface area contributed by atoms with Crippen molar-refractivity contribution in [2.45, 2.75) is 12.8 Å². The lowest BCUT2D eigenvalue weighted by Gasteiger charge is -2.13. The molecule has 0 bridgehead atoms. The molecule has 2 aromatic carbocycles. The minimum atomic E-state index is -1.39. The first-order chi connectivity index (χ1) is 11.3. The number of nitro groups is 2. The smallest absolute Gasteiger partial charge is 0.280 e. The second-order valence-corrected chi connectivity index (χ2v) is 5.03. The molecule has 0 N–H and O–H groups in total. The van der Waals surface area contributed by atoms with Crippen LogP contribution in [0.5, 0.6) is 0 Å². The SMILES string of the molecule is CC(=O)C(C(=O)c1ccccc1)c1ccc([N+](=O)[O-])cc1[N+](=O)[O-]. The predicted octanol–water partition coefficient (Wildman–Crippen LogP) is 3.06. The maximum atomic E-state index is 12.6. The number of carbonyl (C=O) groups excluding carboxylic acids is 2. The van der Waals surface area contributed by atoms with Gasteiger partial charge in [-0.25, -0.2) is 0 Å². The van der Waals surface area contributed by atoms with Crippen molar-refractivity contribution in [2.75, 3.05) is 0 Å². The van der Waals surface area contributed by atoms with Crippen molar-refractivity contribution in [2.24, 2.45) is 0 Å². The Morgan fingerprint density at radius 1 is 0.958 bits per heavy atom. The van der Waals surface area contributed by atoms with Crippen molar-refractivity contribution in [1.29, 1.82) is 0 Å². The Morgan fingerprint density at radius 3 is 2.08 bits per heavy atom. The maximum absolute atomic E-state index is 12.6. The Kier molecular flexibility index (Phi) is 4.78. The fourth-order valence-electron chi connectivity index (χ4n) is 2.36. The van der Waals surface area contributed by atoms with Crippen molar-refractivity contribution in [3.05, 3.63) is 79.9 Å². The minimum Gasteiger partial charge on any atom is -0.299 e. The normalized spacial score (nSPS) is 11.5. The van der Waals surface area contributed by atoms with Crippen molar-refractivity contribution >= 4 is 22.9 Å². The van der Waals surface area contributed by atoms with Gasteiger partial charge >= 0.3 is 0 Å². The van der Waals surface area contributed by atoms with Gasteiger partial charge in [-0.15, -0.1) is 0 Å². The lowest BCUT2D eigenvalue weighted by molar-refractivity contribution is -0.394. The van der Waals surface area contributed by atoms with Gasteiger partial charge in [0.2, 0.25) is 0 Å². The van der Waals surface area contributed by atoms with Crippen LogP contribution in [-0.4, -0.2) is 21.4 Å². The molecule has 0 amide bonds. The summed E-state index contributed by atoms with van der Waals surface area (Å²) in [6, 6.07) is 10.8. The highest BCUT2D eigenvalue weighted by Crippen LogP contribution is 2.33. The van der Waals surface area contributed by atoms with E-state index >= 15 is 0 Å². The van der Waals surface area contributed by atoms with Gasteiger partial charge in [-0.05, 0) is 13.0 Å². The summed E-state index contributed by atoms with van der Waals surface area (Å²) in [6.45, 7) is 1.15. The third-order valence-electron chi connectivity index (χ3n) is 3.46. The zero-order valence-corrected chi connectivity index (χ0v) is 12.5. The van der Waals surface area contributed by atoms with Gasteiger partial charge in [-0.1, -0.05) is 30.3 Å². The van der Waals surface area contributed by atoms with Crippen LogP contribution in [0, 0.1) is 20.2 Å². The van der Waals surface area contributed by atoms with Crippen LogP contribution in [0.2, 0.25) is 0 Å². The van der Waals surface area contributed by atoms with E-state index in [1.807, 2.05) is 0 Å². The summed E-state index contributed by atoms with van der Waals surface area (Å²) >= 11 is 0. The molecule has 0 aliphatic heterocycles. The molecule has 122 valence electrons. The van der Waals surface area contributed by atoms with Crippen LogP contribution in [0.25, 0.3) is 0 Å². The monoisotopic (exact) mass is 328 g/mol. The average Bonchev–Trinajstić information content (AvgIpc) is 2.55. The molecule has 8 heteroatoms. The molecule has 0 aliphatic rings. The van der Waals surface area contributed by atoms with E-state index in [2.05, 4.69) is 0 Å². The molecule has 0 aliphatic carbocycles. The molecule has 8 nitrogen and oxygen atoms in total. The van der Waals surface area contributed by atoms with Crippen LogP contribution in [-0.2, 0) is 4.79 Å². The molecular weight excluding hydrogens is 316 g/mol. The maximum Gasteiger partial charge on any atom is 0.280 e. The molecule has 0 saturated carbocycles. The Hall–Kier alpha value is -3.42. The Labute approximate surface area is 136 Å². The summed E-state index contributed by atoms with van der Waals surface area (Å²) in [7, 11) is 0. The molecule has 0 heterocycles. The number of Topliss-reactive ketones (excluding diaryl/α,β-unsaturated/α-hetero) is 2. The number of nitrogens with zero attached hydrogens (tertiary/aromatic N) is 2. The van der Waals surface area contributed by atoms with Gasteiger partial charge in [-0.2, -0.15) is 0 Å². The highest BCUT2D eigenvalue weighted by molar-refractivity contribution is 6.14. The Bertz CT molecular complexity index is 832. The third kappa shape index (κ3) is 3.32. The van der Waals surface area contributed by atoms with Crippen LogP contribution in [0.1, 0.15) is 28.8 Å². The molecule has 0 spiro atoms. The Morgan fingerprint density at radius 2 is 1.58 bits per heavy atom. The van der Waals surface area contributed by atoms with Crippen molar-refractivity contribution in [3.63, 3.8) is 0 Å². The molecule has 0 radical (unpaired) electrons. The molecule has 0 fully saturated rings. The summed E-state index contributed by atoms with van der Waals surface area (Å²) < 4.78 is 0. The van der Waals surface area contributed by atoms with Crippen LogP contribution >= 0.6 is 0 Å². The number of rotatable bonds is 6. The van der Waals surface area contributed by atoms with Gasteiger partial charge in [0.1, 0.15) is 11.7 Å². The highest BCUT2D eigenvalue weighted by atomic mass is 16.6. The number of nitro benzene ring substituents is 2. The quantitative estimate of drug-likeness (QED) is 0.348. The highest BCUT2D eigenvalue weighted by Gasteiger charge is 2.33. The van der Waals surface area contributed by atoms with Gasteiger partial charge in [0.25, 0.3) is 11.4 Å². The van der Waals surface area contributed by atoms with Crippen LogP contribution in [0.3, 0.4) is 0 Å². The molecule has 0 saturated heterocycles. The summed E-state index contributed by atoms with van der Waals surface area (Å²) in [5.41, 5.74) is -1.05. The first-order valence-corrected chi connectivity index (χ1v) is 6.85. The van der Waals surface area contributed by atoms with Crippen LogP contribution in [0.4, 0.5) is 11.4 Å². The lowest BCUT2D eigenvalue weighted by Crippen LogP contribution is -2.21. The molecule has 2 aromatic rings. The van der Waals surface area contributed by atoms with E-state index in [0.717, 1.165) is 25.1 Å². The minimum absolute atomic E-state index is 0.160. The van der Waals surface area contributed by atoms with Crippen molar-refractivity contribution in [1.82, 2.24) is 0 Å². The van der Waals surface area contributed by atoms with Crippen LogP contribution in [0.15, 0.2) is 48.5 Å². The summed E-state index contributed by atoms with van der Waals surface area (Å²) in [5, 5.41) is 22.0. The summed E-state index contributed by atoms with van der Waals surface area (Å²) in [5.74, 6) is -2.57. The third-order valence-corrected chi connectivity index (χ3v) is 3.46. The van der Waals surface area contributed by atoms with Gasteiger partial charge in [0, 0.05) is 17.2 Å². The van der Waals surface area contributed by atoms with Gasteiger partial charge in [-0.3, -0.25) is 29.8 Å². The van der Waals surface area contributed by atoms with E-state index < -0.39 is 38.7 Å². The molecule has 1 atom stereocenters. The number of benzene rings is 2. The van der Waals surface area contributed by atoms with E-state index in [0.29, 0.717) is 0 Å². The standard InChI is InChI=1S/C16H12N2O6/c1-10(19)15(16(20)11-5-3-2-4-6-11)13-8-7-12(17(21)22)9-14(13)18(23)24/h2-9,15H,1H3. The molecule has 0 aromatic heterocycles.